The number of ether oxygens (including phenoxy) is 1. The highest BCUT2D eigenvalue weighted by molar-refractivity contribution is 5.74. The van der Waals surface area contributed by atoms with Gasteiger partial charge >= 0.3 is 6.09 Å². The van der Waals surface area contributed by atoms with E-state index < -0.39 is 5.60 Å². The molecule has 1 unspecified atom stereocenters. The van der Waals surface area contributed by atoms with Crippen molar-refractivity contribution in [1.29, 1.82) is 0 Å². The zero-order valence-corrected chi connectivity index (χ0v) is 15.9. The number of aromatic amines is 1. The lowest BCUT2D eigenvalue weighted by Crippen LogP contribution is -2.37. The molecule has 2 aliphatic heterocycles. The van der Waals surface area contributed by atoms with Crippen LogP contribution in [0.5, 0.6) is 0 Å². The third-order valence-electron chi connectivity index (χ3n) is 5.42. The van der Waals surface area contributed by atoms with Crippen LogP contribution >= 0.6 is 0 Å². The number of carbonyl (C=O) groups is 1. The molecule has 2 saturated heterocycles. The maximum Gasteiger partial charge on any atom is 0.410 e. The van der Waals surface area contributed by atoms with E-state index in [4.69, 9.17) is 9.72 Å². The van der Waals surface area contributed by atoms with Crippen molar-refractivity contribution in [2.75, 3.05) is 26.2 Å². The van der Waals surface area contributed by atoms with Crippen LogP contribution in [-0.2, 0) is 11.3 Å². The summed E-state index contributed by atoms with van der Waals surface area (Å²) in [7, 11) is 0. The molecule has 6 nitrogen and oxygen atoms in total. The van der Waals surface area contributed by atoms with Crippen molar-refractivity contribution in [3.63, 3.8) is 0 Å². The van der Waals surface area contributed by atoms with E-state index in [0.29, 0.717) is 0 Å². The fourth-order valence-corrected chi connectivity index (χ4v) is 4.21. The molecule has 2 aliphatic rings. The molecule has 26 heavy (non-hydrogen) atoms. The Bertz CT molecular complexity index is 776. The predicted octanol–water partition coefficient (Wildman–Crippen LogP) is 3.40. The monoisotopic (exact) mass is 356 g/mol. The van der Waals surface area contributed by atoms with E-state index in [1.165, 1.54) is 0 Å². The smallest absolute Gasteiger partial charge is 0.410 e. The molecule has 3 heterocycles. The SMILES string of the molecule is CC(C)(C)OC(=O)N1CCC2(CCN(Cc3nc4ccccc4[nH]3)C2)C1. The highest BCUT2D eigenvalue weighted by atomic mass is 16.6. The molecule has 0 bridgehead atoms. The number of nitrogens with zero attached hydrogens (tertiary/aromatic N) is 3. The molecule has 140 valence electrons. The standard InChI is InChI=1S/C20H28N4O2/c1-19(2,3)26-18(25)24-11-9-20(14-24)8-10-23(13-20)12-17-21-15-6-4-5-7-16(15)22-17/h4-7H,8-14H2,1-3H3,(H,21,22). The number of hydrogen-bond donors (Lipinski definition) is 1. The zero-order chi connectivity index (χ0) is 18.4. The van der Waals surface area contributed by atoms with E-state index in [1.807, 2.05) is 43.9 Å². The van der Waals surface area contributed by atoms with Gasteiger partial charge in [0.25, 0.3) is 0 Å². The van der Waals surface area contributed by atoms with Gasteiger partial charge < -0.3 is 14.6 Å². The number of para-hydroxylation sites is 2. The molecule has 1 atom stereocenters. The normalized spacial score (nSPS) is 24.0. The molecule has 0 radical (unpaired) electrons. The van der Waals surface area contributed by atoms with Gasteiger partial charge in [-0.05, 0) is 52.3 Å². The summed E-state index contributed by atoms with van der Waals surface area (Å²) in [5.41, 5.74) is 1.89. The summed E-state index contributed by atoms with van der Waals surface area (Å²) in [6.45, 7) is 10.3. The van der Waals surface area contributed by atoms with Crippen LogP contribution in [0.4, 0.5) is 4.79 Å². The topological polar surface area (TPSA) is 61.5 Å². The van der Waals surface area contributed by atoms with Crippen LogP contribution in [0.15, 0.2) is 24.3 Å². The van der Waals surface area contributed by atoms with Crippen LogP contribution in [0.1, 0.15) is 39.4 Å². The molecule has 0 aliphatic carbocycles. The number of amides is 1. The summed E-state index contributed by atoms with van der Waals surface area (Å²) in [5, 5.41) is 0. The number of H-pyrrole nitrogens is 1. The maximum absolute atomic E-state index is 12.3. The predicted molar refractivity (Wildman–Crippen MR) is 101 cm³/mol. The second kappa shape index (κ2) is 6.27. The number of likely N-dealkylation sites (tertiary alicyclic amines) is 2. The second-order valence-corrected chi connectivity index (χ2v) is 8.81. The highest BCUT2D eigenvalue weighted by Crippen LogP contribution is 2.40. The third kappa shape index (κ3) is 3.56. The molecule has 1 aromatic carbocycles. The number of fused-ring (bicyclic) bond motifs is 1. The van der Waals surface area contributed by atoms with Gasteiger partial charge in [0.1, 0.15) is 11.4 Å². The molecule has 1 N–H and O–H groups in total. The Balaban J connectivity index is 1.37. The lowest BCUT2D eigenvalue weighted by molar-refractivity contribution is 0.0274. The molecule has 1 amide bonds. The fourth-order valence-electron chi connectivity index (χ4n) is 4.21. The van der Waals surface area contributed by atoms with Crippen molar-refractivity contribution >= 4 is 17.1 Å². The van der Waals surface area contributed by atoms with Crippen LogP contribution in [0.3, 0.4) is 0 Å². The fraction of sp³-hybridized carbons (Fsp3) is 0.600. The number of rotatable bonds is 2. The first-order chi connectivity index (χ1) is 12.3. The number of nitrogens with one attached hydrogen (secondary N) is 1. The Hall–Kier alpha value is -2.08. The summed E-state index contributed by atoms with van der Waals surface area (Å²) in [4.78, 5) is 24.8. The number of imidazole rings is 1. The van der Waals surface area contributed by atoms with Crippen molar-refractivity contribution in [3.05, 3.63) is 30.1 Å². The van der Waals surface area contributed by atoms with Crippen molar-refractivity contribution < 1.29 is 9.53 Å². The van der Waals surface area contributed by atoms with Crippen LogP contribution in [0.25, 0.3) is 11.0 Å². The molecule has 1 aromatic heterocycles. The van der Waals surface area contributed by atoms with E-state index in [2.05, 4.69) is 16.0 Å². The average molecular weight is 356 g/mol. The molecule has 2 fully saturated rings. The molecule has 4 rings (SSSR count). The molecular formula is C20H28N4O2. The Morgan fingerprint density at radius 1 is 1.23 bits per heavy atom. The lowest BCUT2D eigenvalue weighted by atomic mass is 9.86. The average Bonchev–Trinajstić information content (AvgIpc) is 3.25. The number of benzene rings is 1. The second-order valence-electron chi connectivity index (χ2n) is 8.81. The first-order valence-electron chi connectivity index (χ1n) is 9.46. The van der Waals surface area contributed by atoms with Crippen LogP contribution in [-0.4, -0.2) is 57.6 Å². The van der Waals surface area contributed by atoms with E-state index in [1.54, 1.807) is 0 Å². The summed E-state index contributed by atoms with van der Waals surface area (Å²) in [6, 6.07) is 8.14. The zero-order valence-electron chi connectivity index (χ0n) is 15.9. The van der Waals surface area contributed by atoms with Crippen molar-refractivity contribution in [2.45, 2.75) is 45.8 Å². The number of carbonyl (C=O) groups excluding carboxylic acids is 1. The third-order valence-corrected chi connectivity index (χ3v) is 5.42. The molecule has 1 spiro atoms. The van der Waals surface area contributed by atoms with Gasteiger partial charge in [-0.15, -0.1) is 0 Å². The molecule has 6 heteroatoms. The van der Waals surface area contributed by atoms with Gasteiger partial charge in [0.15, 0.2) is 0 Å². The van der Waals surface area contributed by atoms with Gasteiger partial charge in [0.2, 0.25) is 0 Å². The van der Waals surface area contributed by atoms with E-state index in [0.717, 1.165) is 62.4 Å². The van der Waals surface area contributed by atoms with Crippen molar-refractivity contribution in [1.82, 2.24) is 19.8 Å². The van der Waals surface area contributed by atoms with E-state index in [9.17, 15) is 4.79 Å². The Morgan fingerprint density at radius 3 is 2.77 bits per heavy atom. The highest BCUT2D eigenvalue weighted by Gasteiger charge is 2.45. The minimum Gasteiger partial charge on any atom is -0.444 e. The molecular weight excluding hydrogens is 328 g/mol. The quantitative estimate of drug-likeness (QED) is 0.896. The van der Waals surface area contributed by atoms with Gasteiger partial charge in [0, 0.05) is 25.0 Å². The molecule has 2 aromatic rings. The van der Waals surface area contributed by atoms with Crippen LogP contribution in [0.2, 0.25) is 0 Å². The summed E-state index contributed by atoms with van der Waals surface area (Å²) >= 11 is 0. The first-order valence-corrected chi connectivity index (χ1v) is 9.46. The Labute approximate surface area is 154 Å². The maximum atomic E-state index is 12.3. The van der Waals surface area contributed by atoms with Gasteiger partial charge in [-0.25, -0.2) is 9.78 Å². The van der Waals surface area contributed by atoms with Gasteiger partial charge in [-0.3, -0.25) is 4.90 Å². The minimum absolute atomic E-state index is 0.176. The Morgan fingerprint density at radius 2 is 2.00 bits per heavy atom. The largest absolute Gasteiger partial charge is 0.444 e. The van der Waals surface area contributed by atoms with Gasteiger partial charge in [-0.1, -0.05) is 12.1 Å². The van der Waals surface area contributed by atoms with Crippen molar-refractivity contribution in [3.8, 4) is 0 Å². The van der Waals surface area contributed by atoms with Crippen molar-refractivity contribution in [2.24, 2.45) is 5.41 Å². The van der Waals surface area contributed by atoms with Crippen LogP contribution in [0, 0.1) is 5.41 Å². The van der Waals surface area contributed by atoms with E-state index in [-0.39, 0.29) is 11.5 Å². The number of hydrogen-bond acceptors (Lipinski definition) is 4. The molecule has 0 saturated carbocycles. The minimum atomic E-state index is -0.435. The first kappa shape index (κ1) is 17.3. The van der Waals surface area contributed by atoms with E-state index >= 15 is 0 Å². The lowest BCUT2D eigenvalue weighted by Gasteiger charge is -2.27. The number of aromatic nitrogens is 2. The van der Waals surface area contributed by atoms with Gasteiger partial charge in [0.05, 0.1) is 17.6 Å². The Kier molecular flexibility index (Phi) is 4.18. The summed E-state index contributed by atoms with van der Waals surface area (Å²) in [6.07, 6.45) is 2.01. The summed E-state index contributed by atoms with van der Waals surface area (Å²) in [5.74, 6) is 1.02. The van der Waals surface area contributed by atoms with Gasteiger partial charge in [-0.2, -0.15) is 0 Å². The summed E-state index contributed by atoms with van der Waals surface area (Å²) < 4.78 is 5.54. The van der Waals surface area contributed by atoms with Crippen LogP contribution < -0.4 is 0 Å².